The van der Waals surface area contributed by atoms with E-state index in [1.807, 2.05) is 24.3 Å². The summed E-state index contributed by atoms with van der Waals surface area (Å²) in [5.41, 5.74) is 4.62. The fourth-order valence-corrected chi connectivity index (χ4v) is 2.99. The van der Waals surface area contributed by atoms with E-state index < -0.39 is 0 Å². The molecule has 0 saturated carbocycles. The van der Waals surface area contributed by atoms with Crippen LogP contribution in [-0.4, -0.2) is 30.7 Å². The number of benzene rings is 2. The molecule has 0 aliphatic heterocycles. The van der Waals surface area contributed by atoms with Crippen molar-refractivity contribution in [2.24, 2.45) is 0 Å². The third kappa shape index (κ3) is 4.91. The van der Waals surface area contributed by atoms with Crippen LogP contribution in [0.15, 0.2) is 48.8 Å². The minimum absolute atomic E-state index is 0.733. The van der Waals surface area contributed by atoms with Gasteiger partial charge in [0.05, 0.1) is 14.2 Å². The monoisotopic (exact) mass is 378 g/mol. The van der Waals surface area contributed by atoms with Gasteiger partial charge in [-0.3, -0.25) is 0 Å². The Kier molecular flexibility index (Phi) is 6.32. The van der Waals surface area contributed by atoms with E-state index in [9.17, 15) is 0 Å². The lowest BCUT2D eigenvalue weighted by Gasteiger charge is -2.12. The fraction of sp³-hybridized carbons (Fsp3) is 0.273. The standard InChI is InChI=1S/C22H26N4O2/c1-15-5-7-18(16(2)11-15)26-22-13-21(24-14-25-22)23-10-9-17-6-8-19(27-3)20(12-17)28-4/h5-8,11-14H,9-10H2,1-4H3,(H2,23,24,25,26). The Morgan fingerprint density at radius 2 is 1.64 bits per heavy atom. The van der Waals surface area contributed by atoms with Gasteiger partial charge in [-0.1, -0.05) is 23.8 Å². The van der Waals surface area contributed by atoms with Crippen LogP contribution in [0, 0.1) is 13.8 Å². The van der Waals surface area contributed by atoms with Crippen LogP contribution in [0.4, 0.5) is 17.3 Å². The normalized spacial score (nSPS) is 10.4. The van der Waals surface area contributed by atoms with Crippen molar-refractivity contribution in [3.8, 4) is 11.5 Å². The lowest BCUT2D eigenvalue weighted by Crippen LogP contribution is -2.07. The molecule has 2 aromatic carbocycles. The molecule has 28 heavy (non-hydrogen) atoms. The van der Waals surface area contributed by atoms with E-state index in [0.717, 1.165) is 47.4 Å². The van der Waals surface area contributed by atoms with E-state index in [0.29, 0.717) is 0 Å². The van der Waals surface area contributed by atoms with Crippen molar-refractivity contribution in [3.63, 3.8) is 0 Å². The molecule has 3 rings (SSSR count). The summed E-state index contributed by atoms with van der Waals surface area (Å²) >= 11 is 0. The summed E-state index contributed by atoms with van der Waals surface area (Å²) in [5, 5.41) is 6.70. The molecule has 0 radical (unpaired) electrons. The highest BCUT2D eigenvalue weighted by Gasteiger charge is 2.05. The molecule has 0 bridgehead atoms. The highest BCUT2D eigenvalue weighted by molar-refractivity contribution is 5.62. The molecule has 2 N–H and O–H groups in total. The lowest BCUT2D eigenvalue weighted by atomic mass is 10.1. The quantitative estimate of drug-likeness (QED) is 0.601. The SMILES string of the molecule is COc1ccc(CCNc2cc(Nc3ccc(C)cc3C)ncn2)cc1OC. The van der Waals surface area contributed by atoms with Crippen molar-refractivity contribution in [1.82, 2.24) is 9.97 Å². The lowest BCUT2D eigenvalue weighted by molar-refractivity contribution is 0.354. The number of hydrogen-bond acceptors (Lipinski definition) is 6. The third-order valence-corrected chi connectivity index (χ3v) is 4.48. The molecule has 0 atom stereocenters. The second kappa shape index (κ2) is 9.08. The Balaban J connectivity index is 1.60. The number of nitrogens with zero attached hydrogens (tertiary/aromatic N) is 2. The Morgan fingerprint density at radius 1 is 0.857 bits per heavy atom. The molecule has 0 fully saturated rings. The maximum absolute atomic E-state index is 5.36. The first kappa shape index (κ1) is 19.5. The van der Waals surface area contributed by atoms with E-state index in [4.69, 9.17) is 9.47 Å². The number of hydrogen-bond donors (Lipinski definition) is 2. The number of ether oxygens (including phenoxy) is 2. The number of nitrogens with one attached hydrogen (secondary N) is 2. The Labute approximate surface area is 166 Å². The summed E-state index contributed by atoms with van der Waals surface area (Å²) in [4.78, 5) is 8.62. The molecule has 6 nitrogen and oxygen atoms in total. The van der Waals surface area contributed by atoms with Crippen LogP contribution in [0.1, 0.15) is 16.7 Å². The minimum Gasteiger partial charge on any atom is -0.493 e. The van der Waals surface area contributed by atoms with Gasteiger partial charge < -0.3 is 20.1 Å². The van der Waals surface area contributed by atoms with Crippen LogP contribution in [0.25, 0.3) is 0 Å². The highest BCUT2D eigenvalue weighted by atomic mass is 16.5. The maximum Gasteiger partial charge on any atom is 0.160 e. The molecular weight excluding hydrogens is 352 g/mol. The Hall–Kier alpha value is -3.28. The minimum atomic E-state index is 0.733. The summed E-state index contributed by atoms with van der Waals surface area (Å²) in [7, 11) is 3.28. The zero-order chi connectivity index (χ0) is 19.9. The summed E-state index contributed by atoms with van der Waals surface area (Å²) < 4.78 is 10.6. The molecule has 0 saturated heterocycles. The average molecular weight is 378 g/mol. The van der Waals surface area contributed by atoms with Crippen LogP contribution >= 0.6 is 0 Å². The van der Waals surface area contributed by atoms with Crippen molar-refractivity contribution < 1.29 is 9.47 Å². The summed E-state index contributed by atoms with van der Waals surface area (Å²) in [6.07, 6.45) is 2.40. The van der Waals surface area contributed by atoms with Gasteiger partial charge in [-0.15, -0.1) is 0 Å². The van der Waals surface area contributed by atoms with E-state index in [-0.39, 0.29) is 0 Å². The van der Waals surface area contributed by atoms with E-state index in [1.54, 1.807) is 20.5 Å². The zero-order valence-electron chi connectivity index (χ0n) is 16.7. The molecule has 146 valence electrons. The molecule has 3 aromatic rings. The van der Waals surface area contributed by atoms with Crippen LogP contribution < -0.4 is 20.1 Å². The molecule has 0 unspecified atom stereocenters. The fourth-order valence-electron chi connectivity index (χ4n) is 2.99. The first-order valence-corrected chi connectivity index (χ1v) is 9.20. The number of methoxy groups -OCH3 is 2. The summed E-state index contributed by atoms with van der Waals surface area (Å²) in [6.45, 7) is 4.91. The molecular formula is C22H26N4O2. The summed E-state index contributed by atoms with van der Waals surface area (Å²) in [6, 6.07) is 14.2. The molecule has 6 heteroatoms. The van der Waals surface area contributed by atoms with Crippen molar-refractivity contribution in [2.75, 3.05) is 31.4 Å². The topological polar surface area (TPSA) is 68.3 Å². The van der Waals surface area contributed by atoms with E-state index in [2.05, 4.69) is 52.6 Å². The van der Waals surface area contributed by atoms with Gasteiger partial charge >= 0.3 is 0 Å². The van der Waals surface area contributed by atoms with E-state index >= 15 is 0 Å². The van der Waals surface area contributed by atoms with Crippen molar-refractivity contribution in [2.45, 2.75) is 20.3 Å². The predicted octanol–water partition coefficient (Wildman–Crippen LogP) is 4.51. The van der Waals surface area contributed by atoms with Gasteiger partial charge in [0.1, 0.15) is 18.0 Å². The number of rotatable bonds is 8. The molecule has 1 aromatic heterocycles. The third-order valence-electron chi connectivity index (χ3n) is 4.48. The van der Waals surface area contributed by atoms with Gasteiger partial charge in [0.15, 0.2) is 11.5 Å². The van der Waals surface area contributed by atoms with Crippen molar-refractivity contribution >= 4 is 17.3 Å². The second-order valence-corrected chi connectivity index (χ2v) is 6.60. The maximum atomic E-state index is 5.36. The Morgan fingerprint density at radius 3 is 2.39 bits per heavy atom. The Bertz CT molecular complexity index is 944. The smallest absolute Gasteiger partial charge is 0.160 e. The van der Waals surface area contributed by atoms with Gasteiger partial charge in [0, 0.05) is 18.3 Å². The average Bonchev–Trinajstić information content (AvgIpc) is 2.70. The number of aromatic nitrogens is 2. The van der Waals surface area contributed by atoms with Crippen LogP contribution in [0.3, 0.4) is 0 Å². The molecule has 1 heterocycles. The molecule has 0 aliphatic rings. The van der Waals surface area contributed by atoms with Crippen molar-refractivity contribution in [1.29, 1.82) is 0 Å². The van der Waals surface area contributed by atoms with Crippen LogP contribution in [0.2, 0.25) is 0 Å². The molecule has 0 aliphatic carbocycles. The first-order valence-electron chi connectivity index (χ1n) is 9.20. The van der Waals surface area contributed by atoms with Gasteiger partial charge in [0.25, 0.3) is 0 Å². The number of aryl methyl sites for hydroxylation is 2. The van der Waals surface area contributed by atoms with Gasteiger partial charge in [-0.25, -0.2) is 9.97 Å². The van der Waals surface area contributed by atoms with Crippen molar-refractivity contribution in [3.05, 3.63) is 65.5 Å². The van der Waals surface area contributed by atoms with E-state index in [1.165, 1.54) is 11.1 Å². The van der Waals surface area contributed by atoms with Crippen LogP contribution in [0.5, 0.6) is 11.5 Å². The van der Waals surface area contributed by atoms with Gasteiger partial charge in [-0.05, 0) is 49.6 Å². The highest BCUT2D eigenvalue weighted by Crippen LogP contribution is 2.27. The predicted molar refractivity (Wildman–Crippen MR) is 113 cm³/mol. The molecule has 0 amide bonds. The van der Waals surface area contributed by atoms with Gasteiger partial charge in [0.2, 0.25) is 0 Å². The number of anilines is 3. The largest absolute Gasteiger partial charge is 0.493 e. The summed E-state index contributed by atoms with van der Waals surface area (Å²) in [5.74, 6) is 3.01. The first-order chi connectivity index (χ1) is 13.6. The second-order valence-electron chi connectivity index (χ2n) is 6.60. The van der Waals surface area contributed by atoms with Crippen LogP contribution in [-0.2, 0) is 6.42 Å². The molecule has 0 spiro atoms. The van der Waals surface area contributed by atoms with Gasteiger partial charge in [-0.2, -0.15) is 0 Å². The zero-order valence-corrected chi connectivity index (χ0v) is 16.7.